The SMILES string of the molecule is CCOC(=O)CCC(=O)c1cc2c(F)c(OCCC(=O)c3c(OC)cc4c(c3F)CN(C(=O)CCC(=O)O[C@@H](C)CN)C4)c(OC)cc2s1. The number of methoxy groups -OCH3 is 2. The Morgan fingerprint density at radius 1 is 0.898 bits per heavy atom. The van der Waals surface area contributed by atoms with E-state index < -0.39 is 35.5 Å². The fourth-order valence-corrected chi connectivity index (χ4v) is 6.30. The van der Waals surface area contributed by atoms with Gasteiger partial charge in [0.25, 0.3) is 0 Å². The molecule has 0 bridgehead atoms. The third kappa shape index (κ3) is 8.70. The van der Waals surface area contributed by atoms with Gasteiger partial charge in [-0.2, -0.15) is 0 Å². The van der Waals surface area contributed by atoms with Crippen molar-refractivity contribution < 1.29 is 56.4 Å². The number of fused-ring (bicyclic) bond motifs is 2. The Bertz CT molecular complexity index is 1760. The van der Waals surface area contributed by atoms with E-state index in [-0.39, 0.29) is 115 Å². The molecule has 2 aromatic carbocycles. The van der Waals surface area contributed by atoms with Gasteiger partial charge in [0.2, 0.25) is 5.91 Å². The number of carbonyl (C=O) groups excluding carboxylic acids is 5. The van der Waals surface area contributed by atoms with Crippen molar-refractivity contribution in [1.82, 2.24) is 4.90 Å². The Morgan fingerprint density at radius 2 is 1.61 bits per heavy atom. The predicted octanol–water partition coefficient (Wildman–Crippen LogP) is 4.89. The summed E-state index contributed by atoms with van der Waals surface area (Å²) in [6.07, 6.45) is -1.34. The van der Waals surface area contributed by atoms with E-state index in [1.807, 2.05) is 0 Å². The van der Waals surface area contributed by atoms with Crippen LogP contribution >= 0.6 is 11.3 Å². The Balaban J connectivity index is 1.43. The smallest absolute Gasteiger partial charge is 0.306 e. The van der Waals surface area contributed by atoms with E-state index in [1.54, 1.807) is 13.8 Å². The molecule has 0 saturated heterocycles. The molecular weight excluding hydrogens is 666 g/mol. The lowest BCUT2D eigenvalue weighted by molar-refractivity contribution is -0.150. The lowest BCUT2D eigenvalue weighted by atomic mass is 9.99. The van der Waals surface area contributed by atoms with Crippen LogP contribution in [0, 0.1) is 11.6 Å². The number of rotatable bonds is 17. The number of nitrogens with zero attached hydrogens (tertiary/aromatic N) is 1. The molecule has 15 heteroatoms. The summed E-state index contributed by atoms with van der Waals surface area (Å²) in [5.74, 6) is -4.43. The number of ether oxygens (including phenoxy) is 5. The molecule has 3 aromatic rings. The Kier molecular flexibility index (Phi) is 12.6. The van der Waals surface area contributed by atoms with Gasteiger partial charge in [-0.25, -0.2) is 8.78 Å². The van der Waals surface area contributed by atoms with Crippen molar-refractivity contribution >= 4 is 50.8 Å². The summed E-state index contributed by atoms with van der Waals surface area (Å²) in [4.78, 5) is 63.9. The molecule has 1 amide bonds. The van der Waals surface area contributed by atoms with Gasteiger partial charge in [-0.15, -0.1) is 11.3 Å². The van der Waals surface area contributed by atoms with Gasteiger partial charge >= 0.3 is 11.9 Å². The van der Waals surface area contributed by atoms with Crippen LogP contribution in [0.15, 0.2) is 18.2 Å². The molecule has 0 aliphatic carbocycles. The average Bonchev–Trinajstić information content (AvgIpc) is 3.72. The summed E-state index contributed by atoms with van der Waals surface area (Å²) in [6, 6.07) is 4.37. The van der Waals surface area contributed by atoms with Crippen molar-refractivity contribution in [2.75, 3.05) is 34.0 Å². The minimum Gasteiger partial charge on any atom is -0.496 e. The number of benzene rings is 2. The van der Waals surface area contributed by atoms with Crippen LogP contribution in [-0.2, 0) is 36.9 Å². The van der Waals surface area contributed by atoms with Gasteiger partial charge in [-0.3, -0.25) is 24.0 Å². The zero-order chi connectivity index (χ0) is 35.8. The highest BCUT2D eigenvalue weighted by Crippen LogP contribution is 2.41. The topological polar surface area (TPSA) is 161 Å². The van der Waals surface area contributed by atoms with E-state index in [4.69, 9.17) is 29.4 Å². The molecule has 1 atom stereocenters. The lowest BCUT2D eigenvalue weighted by Gasteiger charge is -2.16. The fraction of sp³-hybridized carbons (Fsp3) is 0.441. The van der Waals surface area contributed by atoms with Gasteiger partial charge in [-0.1, -0.05) is 0 Å². The second-order valence-electron chi connectivity index (χ2n) is 11.2. The first-order valence-corrected chi connectivity index (χ1v) is 16.4. The molecule has 49 heavy (non-hydrogen) atoms. The number of hydrogen-bond acceptors (Lipinski definition) is 12. The molecule has 1 aliphatic heterocycles. The van der Waals surface area contributed by atoms with E-state index in [9.17, 15) is 24.0 Å². The Labute approximate surface area is 285 Å². The van der Waals surface area contributed by atoms with Crippen LogP contribution in [0.5, 0.6) is 17.2 Å². The number of amides is 1. The van der Waals surface area contributed by atoms with Crippen LogP contribution in [0.4, 0.5) is 8.78 Å². The van der Waals surface area contributed by atoms with Crippen LogP contribution in [0.1, 0.15) is 77.1 Å². The maximum absolute atomic E-state index is 15.8. The second-order valence-corrected chi connectivity index (χ2v) is 12.3. The maximum Gasteiger partial charge on any atom is 0.306 e. The van der Waals surface area contributed by atoms with Gasteiger partial charge in [-0.05, 0) is 31.5 Å². The van der Waals surface area contributed by atoms with Crippen LogP contribution in [0.2, 0.25) is 0 Å². The molecule has 0 saturated carbocycles. The van der Waals surface area contributed by atoms with Crippen molar-refractivity contribution in [1.29, 1.82) is 0 Å². The number of carbonyl (C=O) groups is 5. The highest BCUT2D eigenvalue weighted by Gasteiger charge is 2.32. The van der Waals surface area contributed by atoms with Crippen molar-refractivity contribution in [3.05, 3.63) is 51.4 Å². The molecule has 2 heterocycles. The third-order valence-corrected chi connectivity index (χ3v) is 8.93. The second kappa shape index (κ2) is 16.7. The minimum absolute atomic E-state index is 0.0260. The predicted molar refractivity (Wildman–Crippen MR) is 174 cm³/mol. The fourth-order valence-electron chi connectivity index (χ4n) is 5.24. The van der Waals surface area contributed by atoms with Crippen molar-refractivity contribution in [2.45, 2.75) is 65.1 Å². The molecule has 4 rings (SSSR count). The molecule has 0 radical (unpaired) electrons. The van der Waals surface area contributed by atoms with E-state index in [1.165, 1.54) is 37.3 Å². The molecule has 12 nitrogen and oxygen atoms in total. The first-order chi connectivity index (χ1) is 23.4. The highest BCUT2D eigenvalue weighted by molar-refractivity contribution is 7.20. The first-order valence-electron chi connectivity index (χ1n) is 15.6. The molecule has 0 fully saturated rings. The van der Waals surface area contributed by atoms with E-state index >= 15 is 8.78 Å². The molecule has 0 spiro atoms. The average molecular weight is 705 g/mol. The quantitative estimate of drug-likeness (QED) is 0.151. The summed E-state index contributed by atoms with van der Waals surface area (Å²) >= 11 is 1.04. The van der Waals surface area contributed by atoms with Crippen molar-refractivity contribution in [3.63, 3.8) is 0 Å². The summed E-state index contributed by atoms with van der Waals surface area (Å²) in [5.41, 5.74) is 5.73. The molecular formula is C34H38F2N2O10S. The number of hydrogen-bond donors (Lipinski definition) is 1. The molecule has 1 aliphatic rings. The van der Waals surface area contributed by atoms with Gasteiger partial charge in [0.05, 0.1) is 50.7 Å². The molecule has 2 N–H and O–H groups in total. The number of thiophene rings is 1. The summed E-state index contributed by atoms with van der Waals surface area (Å²) in [5, 5.41) is 0.0964. The minimum atomic E-state index is -0.838. The van der Waals surface area contributed by atoms with Gasteiger partial charge in [0, 0.05) is 60.6 Å². The maximum atomic E-state index is 15.8. The zero-order valence-corrected chi connectivity index (χ0v) is 28.5. The number of esters is 2. The van der Waals surface area contributed by atoms with E-state index in [0.717, 1.165) is 11.3 Å². The van der Waals surface area contributed by atoms with E-state index in [2.05, 4.69) is 0 Å². The van der Waals surface area contributed by atoms with Crippen LogP contribution in [0.25, 0.3) is 10.1 Å². The molecule has 264 valence electrons. The van der Waals surface area contributed by atoms with Crippen LogP contribution < -0.4 is 19.9 Å². The third-order valence-electron chi connectivity index (χ3n) is 7.81. The van der Waals surface area contributed by atoms with Gasteiger partial charge < -0.3 is 34.3 Å². The standard InChI is InChI=1S/C34H38F2N2O10S/c1-5-46-29(42)8-6-22(39)27-13-20-26(49-27)14-25(45-4)34(33(20)36)47-11-10-23(40)31-24(44-3)12-19-16-38(17-21(19)32(31)35)28(41)7-9-30(43)48-18(2)15-37/h12-14,18H,5-11,15-17,37H2,1-4H3/t18-/m0/s1. The summed E-state index contributed by atoms with van der Waals surface area (Å²) < 4.78 is 58.1. The molecule has 1 aromatic heterocycles. The number of halogens is 2. The highest BCUT2D eigenvalue weighted by atomic mass is 32.1. The van der Waals surface area contributed by atoms with E-state index in [0.29, 0.717) is 10.3 Å². The van der Waals surface area contributed by atoms with Crippen LogP contribution in [0.3, 0.4) is 0 Å². The molecule has 0 unspecified atom stereocenters. The Morgan fingerprint density at radius 3 is 2.29 bits per heavy atom. The monoisotopic (exact) mass is 704 g/mol. The van der Waals surface area contributed by atoms with Gasteiger partial charge in [0.15, 0.2) is 28.9 Å². The number of ketones is 2. The first kappa shape index (κ1) is 37.2. The van der Waals surface area contributed by atoms with Crippen molar-refractivity contribution in [2.24, 2.45) is 5.73 Å². The zero-order valence-electron chi connectivity index (χ0n) is 27.7. The summed E-state index contributed by atoms with van der Waals surface area (Å²) in [7, 11) is 2.59. The largest absolute Gasteiger partial charge is 0.496 e. The van der Waals surface area contributed by atoms with Crippen LogP contribution in [-0.4, -0.2) is 74.4 Å². The van der Waals surface area contributed by atoms with Gasteiger partial charge in [0.1, 0.15) is 17.7 Å². The Hall–Kier alpha value is -4.63. The van der Waals surface area contributed by atoms with Crippen molar-refractivity contribution in [3.8, 4) is 17.2 Å². The number of Topliss-reactive ketones (excluding diaryl/α,β-unsaturated/α-hetero) is 2. The lowest BCUT2D eigenvalue weighted by Crippen LogP contribution is -2.27. The number of nitrogens with two attached hydrogens (primary N) is 1. The normalized spacial score (nSPS) is 12.8. The summed E-state index contributed by atoms with van der Waals surface area (Å²) in [6.45, 7) is 3.25.